The van der Waals surface area contributed by atoms with Crippen molar-refractivity contribution < 1.29 is 28.8 Å². The number of piperazine rings is 1. The van der Waals surface area contributed by atoms with Gasteiger partial charge >= 0.3 is 7.12 Å². The van der Waals surface area contributed by atoms with Crippen LogP contribution in [0.4, 0.5) is 5.69 Å². The third-order valence-electron chi connectivity index (χ3n) is 12.6. The SMILES string of the molecule is Cc1ncsc1-c1ccc(CNC(=O)C2CC(O)CN2C(=O)[C@@H](NC(=O)CN2CC(N3CCN(c4ccc(B5OC(C)(C)C(C)(C)O5)cc4)CC3)C2)C(C)(C)C)cc1. The van der Waals surface area contributed by atoms with Gasteiger partial charge in [0.05, 0.1) is 39.9 Å². The van der Waals surface area contributed by atoms with Crippen molar-refractivity contribution in [1.82, 2.24) is 30.3 Å². The van der Waals surface area contributed by atoms with Gasteiger partial charge in [-0.1, -0.05) is 57.2 Å². The Balaban J connectivity index is 0.862. The summed E-state index contributed by atoms with van der Waals surface area (Å²) in [6.45, 7) is 21.8. The average Bonchev–Trinajstić information content (AvgIpc) is 3.84. The van der Waals surface area contributed by atoms with Crippen LogP contribution in [0.3, 0.4) is 0 Å². The highest BCUT2D eigenvalue weighted by Gasteiger charge is 2.52. The molecule has 312 valence electrons. The fourth-order valence-electron chi connectivity index (χ4n) is 8.26. The number of benzene rings is 2. The molecule has 3 N–H and O–H groups in total. The molecule has 0 spiro atoms. The van der Waals surface area contributed by atoms with Crippen LogP contribution in [-0.4, -0.2) is 137 Å². The zero-order valence-electron chi connectivity index (χ0n) is 35.3. The Bertz CT molecular complexity index is 1920. The minimum absolute atomic E-state index is 0.0377. The monoisotopic (exact) mass is 813 g/mol. The number of aromatic nitrogens is 1. The first-order valence-corrected chi connectivity index (χ1v) is 21.5. The first-order chi connectivity index (χ1) is 27.4. The minimum Gasteiger partial charge on any atom is -0.399 e. The lowest BCUT2D eigenvalue weighted by Crippen LogP contribution is -2.65. The Labute approximate surface area is 347 Å². The lowest BCUT2D eigenvalue weighted by molar-refractivity contribution is -0.144. The molecule has 0 aliphatic carbocycles. The van der Waals surface area contributed by atoms with E-state index in [1.807, 2.05) is 57.5 Å². The number of thiazole rings is 1. The summed E-state index contributed by atoms with van der Waals surface area (Å²) in [5.74, 6) is -0.906. The first kappa shape index (κ1) is 42.3. The molecule has 0 radical (unpaired) electrons. The van der Waals surface area contributed by atoms with E-state index < -0.39 is 23.6 Å². The highest BCUT2D eigenvalue weighted by atomic mass is 32.1. The third-order valence-corrected chi connectivity index (χ3v) is 13.6. The standard InChI is InChI=1S/C43H60BN7O6S/c1-28-37(58-27-46-28)30-11-9-29(10-12-30)22-45-39(54)35-21-34(52)25-51(35)40(55)38(41(2,3)4)47-36(53)26-48-23-33(24-48)50-19-17-49(18-20-50)32-15-13-31(14-16-32)44-56-42(5,6)43(7,8)57-44/h9-16,27,33-35,38,52H,17-26H2,1-8H3,(H,45,54)(H,47,53)/t34?,35?,38-/m1/s1. The number of hydrogen-bond donors (Lipinski definition) is 3. The average molecular weight is 814 g/mol. The van der Waals surface area contributed by atoms with E-state index in [1.165, 1.54) is 10.6 Å². The quantitative estimate of drug-likeness (QED) is 0.248. The van der Waals surface area contributed by atoms with E-state index >= 15 is 0 Å². The second-order valence-electron chi connectivity index (χ2n) is 18.5. The number of carbonyl (C=O) groups excluding carboxylic acids is 3. The van der Waals surface area contributed by atoms with Gasteiger partial charge in [0, 0.05) is 70.5 Å². The number of β-amino-alcohol motifs (C(OH)–C–C–N with tert-alkyl or cyclic N) is 1. The summed E-state index contributed by atoms with van der Waals surface area (Å²) in [5.41, 5.74) is 5.65. The number of amides is 3. The Morgan fingerprint density at radius 3 is 2.17 bits per heavy atom. The Hall–Kier alpha value is -3.86. The van der Waals surface area contributed by atoms with Crippen LogP contribution in [0.25, 0.3) is 10.4 Å². The van der Waals surface area contributed by atoms with Gasteiger partial charge < -0.3 is 34.8 Å². The molecule has 0 saturated carbocycles. The van der Waals surface area contributed by atoms with Crippen LogP contribution in [0.5, 0.6) is 0 Å². The van der Waals surface area contributed by atoms with Gasteiger partial charge in [0.1, 0.15) is 12.1 Å². The molecule has 1 aromatic heterocycles. The second-order valence-corrected chi connectivity index (χ2v) is 19.3. The fourth-order valence-corrected chi connectivity index (χ4v) is 9.07. The van der Waals surface area contributed by atoms with Crippen molar-refractivity contribution in [3.63, 3.8) is 0 Å². The van der Waals surface area contributed by atoms with E-state index in [0.717, 1.165) is 66.4 Å². The van der Waals surface area contributed by atoms with Gasteiger partial charge in [0.2, 0.25) is 17.7 Å². The Kier molecular flexibility index (Phi) is 12.1. The largest absolute Gasteiger partial charge is 0.494 e. The molecule has 5 heterocycles. The molecule has 15 heteroatoms. The van der Waals surface area contributed by atoms with Gasteiger partial charge in [0.25, 0.3) is 0 Å². The molecule has 58 heavy (non-hydrogen) atoms. The van der Waals surface area contributed by atoms with Gasteiger partial charge in [-0.15, -0.1) is 11.3 Å². The van der Waals surface area contributed by atoms with Crippen LogP contribution in [-0.2, 0) is 30.2 Å². The van der Waals surface area contributed by atoms with E-state index in [0.29, 0.717) is 12.6 Å². The number of anilines is 1. The number of likely N-dealkylation sites (tertiary alicyclic amines) is 2. The highest BCUT2D eigenvalue weighted by Crippen LogP contribution is 2.37. The Morgan fingerprint density at radius 2 is 1.59 bits per heavy atom. The van der Waals surface area contributed by atoms with Crippen LogP contribution in [0.1, 0.15) is 66.1 Å². The van der Waals surface area contributed by atoms with Crippen molar-refractivity contribution in [3.8, 4) is 10.4 Å². The fraction of sp³-hybridized carbons (Fsp3) is 0.581. The van der Waals surface area contributed by atoms with Crippen molar-refractivity contribution in [2.24, 2.45) is 5.41 Å². The van der Waals surface area contributed by atoms with Crippen LogP contribution in [0.2, 0.25) is 0 Å². The van der Waals surface area contributed by atoms with E-state index in [2.05, 4.69) is 82.3 Å². The van der Waals surface area contributed by atoms with E-state index in [1.54, 1.807) is 11.3 Å². The van der Waals surface area contributed by atoms with Crippen molar-refractivity contribution in [2.75, 3.05) is 57.3 Å². The van der Waals surface area contributed by atoms with Crippen molar-refractivity contribution in [1.29, 1.82) is 0 Å². The molecule has 7 rings (SSSR count). The van der Waals surface area contributed by atoms with E-state index in [9.17, 15) is 19.5 Å². The first-order valence-electron chi connectivity index (χ1n) is 20.6. The molecule has 3 aromatic rings. The smallest absolute Gasteiger partial charge is 0.399 e. The zero-order chi connectivity index (χ0) is 41.6. The molecule has 4 fully saturated rings. The summed E-state index contributed by atoms with van der Waals surface area (Å²) >= 11 is 1.59. The molecule has 3 amide bonds. The second kappa shape index (κ2) is 16.7. The van der Waals surface area contributed by atoms with Crippen molar-refractivity contribution >= 4 is 47.3 Å². The van der Waals surface area contributed by atoms with E-state index in [4.69, 9.17) is 9.31 Å². The summed E-state index contributed by atoms with van der Waals surface area (Å²) in [6.07, 6.45) is -0.685. The zero-order valence-corrected chi connectivity index (χ0v) is 36.1. The number of carbonyl (C=O) groups is 3. The Morgan fingerprint density at radius 1 is 0.948 bits per heavy atom. The van der Waals surface area contributed by atoms with Gasteiger partial charge in [-0.3, -0.25) is 24.2 Å². The van der Waals surface area contributed by atoms with E-state index in [-0.39, 0.29) is 55.6 Å². The minimum atomic E-state index is -0.862. The van der Waals surface area contributed by atoms with Gasteiger partial charge in [-0.25, -0.2) is 4.98 Å². The predicted octanol–water partition coefficient (Wildman–Crippen LogP) is 3.03. The van der Waals surface area contributed by atoms with Gasteiger partial charge in [-0.05, 0) is 68.8 Å². The predicted molar refractivity (Wildman–Crippen MR) is 228 cm³/mol. The number of nitrogens with zero attached hydrogens (tertiary/aromatic N) is 5. The van der Waals surface area contributed by atoms with Crippen LogP contribution in [0, 0.1) is 12.3 Å². The summed E-state index contributed by atoms with van der Waals surface area (Å²) in [6, 6.07) is 15.2. The number of rotatable bonds is 11. The maximum absolute atomic E-state index is 14.1. The van der Waals surface area contributed by atoms with Crippen molar-refractivity contribution in [3.05, 3.63) is 65.3 Å². The molecule has 13 nitrogen and oxygen atoms in total. The van der Waals surface area contributed by atoms with Gasteiger partial charge in [-0.2, -0.15) is 0 Å². The topological polar surface area (TPSA) is 140 Å². The molecule has 4 aliphatic heterocycles. The molecule has 2 unspecified atom stereocenters. The summed E-state index contributed by atoms with van der Waals surface area (Å²) in [4.78, 5) is 54.9. The maximum Gasteiger partial charge on any atom is 0.494 e. The summed E-state index contributed by atoms with van der Waals surface area (Å²) < 4.78 is 12.5. The molecule has 3 atom stereocenters. The van der Waals surface area contributed by atoms with Gasteiger partial charge in [0.15, 0.2) is 0 Å². The molecule has 0 bridgehead atoms. The summed E-state index contributed by atoms with van der Waals surface area (Å²) in [5, 5.41) is 16.6. The van der Waals surface area contributed by atoms with Crippen LogP contribution < -0.4 is 21.0 Å². The number of nitrogens with one attached hydrogen (secondary N) is 2. The number of hydrogen-bond acceptors (Lipinski definition) is 11. The number of aliphatic hydroxyl groups excluding tert-OH is 1. The maximum atomic E-state index is 14.1. The van der Waals surface area contributed by atoms with Crippen LogP contribution in [0.15, 0.2) is 54.0 Å². The molecular weight excluding hydrogens is 753 g/mol. The van der Waals surface area contributed by atoms with Crippen LogP contribution >= 0.6 is 11.3 Å². The third kappa shape index (κ3) is 9.14. The molecular formula is C43H60BN7O6S. The molecule has 2 aromatic carbocycles. The lowest BCUT2D eigenvalue weighted by atomic mass is 9.79. The highest BCUT2D eigenvalue weighted by molar-refractivity contribution is 7.13. The number of aryl methyl sites for hydroxylation is 1. The molecule has 4 aliphatic rings. The summed E-state index contributed by atoms with van der Waals surface area (Å²) in [7, 11) is -0.371. The molecule has 4 saturated heterocycles. The lowest BCUT2D eigenvalue weighted by Gasteiger charge is -2.48. The van der Waals surface area contributed by atoms with Crippen molar-refractivity contribution in [2.45, 2.75) is 104 Å². The number of aliphatic hydroxyl groups is 1. The normalized spacial score (nSPS) is 23.2.